The Morgan fingerprint density at radius 2 is 1.72 bits per heavy atom. The number of anilines is 1. The fourth-order valence-corrected chi connectivity index (χ4v) is 7.05. The number of piperazine rings is 1. The maximum absolute atomic E-state index is 14.1. The van der Waals surface area contributed by atoms with Crippen molar-refractivity contribution in [2.75, 3.05) is 24.5 Å². The van der Waals surface area contributed by atoms with Gasteiger partial charge in [0.05, 0.1) is 11.8 Å². The maximum atomic E-state index is 14.1. The summed E-state index contributed by atoms with van der Waals surface area (Å²) in [6.45, 7) is 1.48. The first kappa shape index (κ1) is 29.5. The van der Waals surface area contributed by atoms with E-state index in [1.807, 2.05) is 60.7 Å². The Morgan fingerprint density at radius 3 is 2.44 bits per heavy atom. The molecule has 1 saturated heterocycles. The number of hydrogen-bond donors (Lipinski definition) is 2. The minimum atomic E-state index is -3.81. The Labute approximate surface area is 249 Å². The fourth-order valence-electron chi connectivity index (χ4n) is 5.28. The average molecular weight is 598 g/mol. The molecule has 0 aliphatic carbocycles. The standard InChI is InChI=1S/C30H27N3O3S.C2H4N2O2/c34-37(35,29-16-6-11-24-12-7-17-31-30(24)29)33-19-18-32(22-25(33)21-26-13-8-20-36-26)28-15-5-4-14-27(28)23-9-2-1-3-10-23;3-2(6)4-1-5/h1-17,20,25H,18-19,21-22H2;1H,(H3,3,4,5,6). The molecule has 2 aromatic heterocycles. The molecule has 0 saturated carbocycles. The molecule has 1 aliphatic rings. The van der Waals surface area contributed by atoms with E-state index in [1.54, 1.807) is 34.2 Å². The molecule has 11 heteroatoms. The van der Waals surface area contributed by atoms with Gasteiger partial charge in [0.15, 0.2) is 0 Å². The second kappa shape index (κ2) is 13.3. The van der Waals surface area contributed by atoms with Crippen LogP contribution in [0.3, 0.4) is 0 Å². The molecule has 0 bridgehead atoms. The lowest BCUT2D eigenvalue weighted by atomic mass is 10.0. The highest BCUT2D eigenvalue weighted by Gasteiger charge is 2.38. The Bertz CT molecular complexity index is 1790. The predicted molar refractivity (Wildman–Crippen MR) is 165 cm³/mol. The number of furan rings is 1. The average Bonchev–Trinajstić information content (AvgIpc) is 3.54. The van der Waals surface area contributed by atoms with Crippen molar-refractivity contribution in [3.05, 3.63) is 115 Å². The number of fused-ring (bicyclic) bond motifs is 1. The van der Waals surface area contributed by atoms with Crippen molar-refractivity contribution in [3.8, 4) is 11.1 Å². The van der Waals surface area contributed by atoms with Crippen molar-refractivity contribution in [2.45, 2.75) is 17.4 Å². The van der Waals surface area contributed by atoms with Crippen LogP contribution in [0.25, 0.3) is 22.0 Å². The summed E-state index contributed by atoms with van der Waals surface area (Å²) in [5.74, 6) is 0.763. The number of benzene rings is 3. The first-order valence-corrected chi connectivity index (χ1v) is 15.1. The normalized spacial score (nSPS) is 15.3. The van der Waals surface area contributed by atoms with Crippen molar-refractivity contribution in [1.29, 1.82) is 0 Å². The van der Waals surface area contributed by atoms with E-state index < -0.39 is 16.1 Å². The number of imide groups is 1. The molecule has 6 rings (SSSR count). The van der Waals surface area contributed by atoms with Crippen LogP contribution in [0, 0.1) is 0 Å². The molecule has 1 aliphatic heterocycles. The molecule has 1 atom stereocenters. The summed E-state index contributed by atoms with van der Waals surface area (Å²) in [6, 6.07) is 30.3. The van der Waals surface area contributed by atoms with Crippen LogP contribution in [-0.4, -0.2) is 55.8 Å². The van der Waals surface area contributed by atoms with Gasteiger partial charge in [0.1, 0.15) is 10.7 Å². The molecule has 3 heterocycles. The van der Waals surface area contributed by atoms with Crippen LogP contribution < -0.4 is 16.0 Å². The van der Waals surface area contributed by atoms with E-state index in [4.69, 9.17) is 4.42 Å². The van der Waals surface area contributed by atoms with E-state index in [0.29, 0.717) is 31.6 Å². The zero-order valence-electron chi connectivity index (χ0n) is 23.2. The summed E-state index contributed by atoms with van der Waals surface area (Å²) < 4.78 is 35.5. The monoisotopic (exact) mass is 597 g/mol. The number of nitrogens with one attached hydrogen (secondary N) is 1. The highest BCUT2D eigenvalue weighted by atomic mass is 32.2. The minimum Gasteiger partial charge on any atom is -0.469 e. The minimum absolute atomic E-state index is 0.225. The number of amides is 3. The van der Waals surface area contributed by atoms with Gasteiger partial charge in [0.2, 0.25) is 16.4 Å². The fraction of sp³-hybridized carbons (Fsp3) is 0.156. The van der Waals surface area contributed by atoms with Crippen molar-refractivity contribution < 1.29 is 22.4 Å². The third-order valence-corrected chi connectivity index (χ3v) is 9.14. The number of nitrogens with zero attached hydrogens (tertiary/aromatic N) is 3. The highest BCUT2D eigenvalue weighted by molar-refractivity contribution is 7.89. The Kier molecular flexibility index (Phi) is 9.14. The molecule has 10 nitrogen and oxygen atoms in total. The van der Waals surface area contributed by atoms with Crippen LogP contribution in [0.5, 0.6) is 0 Å². The molecule has 220 valence electrons. The predicted octanol–water partition coefficient (Wildman–Crippen LogP) is 4.43. The zero-order chi connectivity index (χ0) is 30.2. The first-order valence-electron chi connectivity index (χ1n) is 13.7. The summed E-state index contributed by atoms with van der Waals surface area (Å²) in [7, 11) is -3.81. The lowest BCUT2D eigenvalue weighted by Gasteiger charge is -2.42. The number of pyridine rings is 1. The van der Waals surface area contributed by atoms with Gasteiger partial charge in [-0.05, 0) is 35.9 Å². The summed E-state index contributed by atoms with van der Waals surface area (Å²) >= 11 is 0. The van der Waals surface area contributed by atoms with E-state index in [0.717, 1.165) is 28.0 Å². The van der Waals surface area contributed by atoms with E-state index in [-0.39, 0.29) is 17.3 Å². The van der Waals surface area contributed by atoms with E-state index in [2.05, 4.69) is 39.9 Å². The number of sulfonamides is 1. The number of carbonyl (C=O) groups excluding carboxylic acids is 2. The summed E-state index contributed by atoms with van der Waals surface area (Å²) in [5, 5.41) is 2.47. The van der Waals surface area contributed by atoms with Gasteiger partial charge < -0.3 is 15.1 Å². The van der Waals surface area contributed by atoms with Gasteiger partial charge in [-0.3, -0.25) is 15.1 Å². The van der Waals surface area contributed by atoms with Crippen LogP contribution >= 0.6 is 0 Å². The topological polar surface area (TPSA) is 139 Å². The molecular formula is C32H31N5O5S. The molecule has 0 radical (unpaired) electrons. The SMILES string of the molecule is NC(=O)NC=O.O=S(=O)(c1cccc2cccnc12)N1CCN(c2ccccc2-c2ccccc2)CC1Cc1ccco1. The molecule has 43 heavy (non-hydrogen) atoms. The maximum Gasteiger partial charge on any atom is 0.318 e. The van der Waals surface area contributed by atoms with Crippen LogP contribution in [-0.2, 0) is 21.2 Å². The van der Waals surface area contributed by atoms with Crippen LogP contribution in [0.15, 0.2) is 119 Å². The molecule has 3 N–H and O–H groups in total. The summed E-state index contributed by atoms with van der Waals surface area (Å²) in [4.78, 5) is 25.6. The molecule has 3 amide bonds. The van der Waals surface area contributed by atoms with Gasteiger partial charge in [-0.15, -0.1) is 0 Å². The third kappa shape index (κ3) is 6.74. The van der Waals surface area contributed by atoms with Gasteiger partial charge in [-0.25, -0.2) is 13.2 Å². The van der Waals surface area contributed by atoms with E-state index in [1.165, 1.54) is 0 Å². The van der Waals surface area contributed by atoms with Gasteiger partial charge in [0.25, 0.3) is 0 Å². The summed E-state index contributed by atoms with van der Waals surface area (Å²) in [5.41, 5.74) is 8.29. The van der Waals surface area contributed by atoms with Crippen LogP contribution in [0.1, 0.15) is 5.76 Å². The van der Waals surface area contributed by atoms with Gasteiger partial charge in [0, 0.05) is 54.9 Å². The molecular weight excluding hydrogens is 566 g/mol. The molecule has 5 aromatic rings. The zero-order valence-corrected chi connectivity index (χ0v) is 24.1. The highest BCUT2D eigenvalue weighted by Crippen LogP contribution is 2.34. The first-order chi connectivity index (χ1) is 20.9. The number of rotatable bonds is 7. The number of aromatic nitrogens is 1. The second-order valence-electron chi connectivity index (χ2n) is 9.84. The number of carbonyl (C=O) groups is 2. The Morgan fingerprint density at radius 1 is 0.953 bits per heavy atom. The van der Waals surface area contributed by atoms with Gasteiger partial charge in [-0.2, -0.15) is 4.31 Å². The lowest BCUT2D eigenvalue weighted by molar-refractivity contribution is -0.108. The van der Waals surface area contributed by atoms with Crippen LogP contribution in [0.4, 0.5) is 10.5 Å². The number of para-hydroxylation sites is 2. The van der Waals surface area contributed by atoms with Crippen LogP contribution in [0.2, 0.25) is 0 Å². The smallest absolute Gasteiger partial charge is 0.318 e. The lowest BCUT2D eigenvalue weighted by Crippen LogP contribution is -2.56. The quantitative estimate of drug-likeness (QED) is 0.265. The number of urea groups is 1. The Hall–Kier alpha value is -5.00. The van der Waals surface area contributed by atoms with E-state index >= 15 is 0 Å². The largest absolute Gasteiger partial charge is 0.469 e. The number of hydrogen-bond acceptors (Lipinski definition) is 7. The molecule has 0 spiro atoms. The van der Waals surface area contributed by atoms with Crippen molar-refractivity contribution in [3.63, 3.8) is 0 Å². The number of primary amides is 1. The van der Waals surface area contributed by atoms with Gasteiger partial charge >= 0.3 is 6.03 Å². The molecule has 1 fully saturated rings. The van der Waals surface area contributed by atoms with E-state index in [9.17, 15) is 18.0 Å². The Balaban J connectivity index is 0.000000559. The molecule has 1 unspecified atom stereocenters. The van der Waals surface area contributed by atoms with Gasteiger partial charge in [-0.1, -0.05) is 66.7 Å². The number of nitrogens with two attached hydrogens (primary N) is 1. The third-order valence-electron chi connectivity index (χ3n) is 7.16. The van der Waals surface area contributed by atoms with Crippen molar-refractivity contribution in [2.24, 2.45) is 5.73 Å². The van der Waals surface area contributed by atoms with Crippen molar-refractivity contribution in [1.82, 2.24) is 14.6 Å². The second-order valence-corrected chi connectivity index (χ2v) is 11.7. The van der Waals surface area contributed by atoms with Crippen molar-refractivity contribution >= 4 is 39.1 Å². The molecule has 3 aromatic carbocycles. The summed E-state index contributed by atoms with van der Waals surface area (Å²) in [6.07, 6.45) is 3.98.